The van der Waals surface area contributed by atoms with E-state index in [0.29, 0.717) is 31.7 Å². The number of carbonyl (C=O) groups excluding carboxylic acids is 2. The van der Waals surface area contributed by atoms with Crippen molar-refractivity contribution in [2.45, 2.75) is 57.5 Å². The predicted octanol–water partition coefficient (Wildman–Crippen LogP) is 3.10. The highest BCUT2D eigenvalue weighted by Crippen LogP contribution is 2.60. The highest BCUT2D eigenvalue weighted by Gasteiger charge is 2.58. The molecule has 3 atom stereocenters. The van der Waals surface area contributed by atoms with Crippen LogP contribution >= 0.6 is 11.0 Å². The molecule has 0 radical (unpaired) electrons. The van der Waals surface area contributed by atoms with Gasteiger partial charge < -0.3 is 11.1 Å². The molecule has 4 aliphatic carbocycles. The first-order valence-corrected chi connectivity index (χ1v) is 13.3. The lowest BCUT2D eigenvalue weighted by atomic mass is 9.47. The molecule has 8 nitrogen and oxygen atoms in total. The molecule has 5 N–H and O–H groups in total. The van der Waals surface area contributed by atoms with Gasteiger partial charge in [-0.25, -0.2) is 4.39 Å². The first-order valence-electron chi connectivity index (χ1n) is 11.8. The Kier molecular flexibility index (Phi) is 5.63. The molecule has 10 heteroatoms. The number of rotatable bonds is 5. The van der Waals surface area contributed by atoms with Gasteiger partial charge in [0.15, 0.2) is 0 Å². The summed E-state index contributed by atoms with van der Waals surface area (Å²) >= 11 is 0. The third-order valence-electron chi connectivity index (χ3n) is 8.39. The molecule has 2 amide bonds. The van der Waals surface area contributed by atoms with Crippen molar-refractivity contribution in [3.63, 3.8) is 0 Å². The predicted molar refractivity (Wildman–Crippen MR) is 124 cm³/mol. The molecule has 182 valence electrons. The largest absolute Gasteiger partial charge is 0.369 e. The van der Waals surface area contributed by atoms with E-state index in [4.69, 9.17) is 5.73 Å². The van der Waals surface area contributed by atoms with E-state index in [1.165, 1.54) is 20.7 Å². The first kappa shape index (κ1) is 22.9. The van der Waals surface area contributed by atoms with Crippen LogP contribution in [-0.2, 0) is 9.59 Å². The van der Waals surface area contributed by atoms with Gasteiger partial charge in [0.25, 0.3) is 0 Å². The van der Waals surface area contributed by atoms with Crippen molar-refractivity contribution in [3.8, 4) is 0 Å². The Hall–Kier alpha value is -1.88. The van der Waals surface area contributed by atoms with Gasteiger partial charge in [-0.05, 0) is 86.3 Å². The Bertz CT molecular complexity index is 946. The first-order chi connectivity index (χ1) is 15.6. The van der Waals surface area contributed by atoms with Crippen molar-refractivity contribution in [2.75, 3.05) is 17.4 Å². The number of hydrogen-bond donors (Lipinski definition) is 4. The summed E-state index contributed by atoms with van der Waals surface area (Å²) in [5.74, 6) is -0.0862. The van der Waals surface area contributed by atoms with Crippen LogP contribution in [0, 0.1) is 29.0 Å². The number of hydrogen-bond acceptors (Lipinski definition) is 6. The number of anilines is 1. The Morgan fingerprint density at radius 1 is 1.18 bits per heavy atom. The third-order valence-corrected chi connectivity index (χ3v) is 10.5. The SMILES string of the molecule is CC(C(=O)NC1C2CC3CC1CC(C(N)=O)(C3)C2)N1CCCN(c2ccccc2F)S1(O)O. The molecule has 0 aromatic heterocycles. The molecule has 1 aliphatic heterocycles. The fraction of sp³-hybridized carbons (Fsp3) is 0.652. The molecular weight excluding hydrogens is 447 g/mol. The minimum Gasteiger partial charge on any atom is -0.369 e. The standard InChI is InChI=1S/C23H33FN4O4S/c1-14(27-7-4-8-28(33(27,31)32)19-6-3-2-5-18(19)24)21(29)26-20-16-9-15-10-17(20)13-23(11-15,12-16)22(25)30/h2-3,5-6,14-17,20,31-32H,4,7-13H2,1H3,(H2,25,30)(H,26,29). The van der Waals surface area contributed by atoms with Crippen molar-refractivity contribution < 1.29 is 23.1 Å². The van der Waals surface area contributed by atoms with E-state index in [1.54, 1.807) is 19.1 Å². The normalized spacial score (nSPS) is 36.9. The van der Waals surface area contributed by atoms with Crippen LogP contribution < -0.4 is 15.4 Å². The van der Waals surface area contributed by atoms with E-state index < -0.39 is 28.2 Å². The van der Waals surface area contributed by atoms with Crippen molar-refractivity contribution in [3.05, 3.63) is 30.1 Å². The minimum absolute atomic E-state index is 0.0294. The average molecular weight is 481 g/mol. The fourth-order valence-corrected chi connectivity index (χ4v) is 8.96. The van der Waals surface area contributed by atoms with Crippen molar-refractivity contribution in [2.24, 2.45) is 28.9 Å². The highest BCUT2D eigenvalue weighted by atomic mass is 32.3. The summed E-state index contributed by atoms with van der Waals surface area (Å²) in [5, 5.41) is 3.18. The second-order valence-corrected chi connectivity index (χ2v) is 12.3. The summed E-state index contributed by atoms with van der Waals surface area (Å²) in [5.41, 5.74) is 5.46. The van der Waals surface area contributed by atoms with Crippen molar-refractivity contribution in [1.29, 1.82) is 0 Å². The molecule has 1 aromatic carbocycles. The smallest absolute Gasteiger partial charge is 0.239 e. The van der Waals surface area contributed by atoms with Crippen LogP contribution in [0.2, 0.25) is 0 Å². The van der Waals surface area contributed by atoms with Gasteiger partial charge in [-0.2, -0.15) is 4.31 Å². The van der Waals surface area contributed by atoms with Gasteiger partial charge >= 0.3 is 0 Å². The van der Waals surface area contributed by atoms with Gasteiger partial charge in [0.05, 0.1) is 5.69 Å². The number of nitrogens with zero attached hydrogens (tertiary/aromatic N) is 2. The molecule has 1 heterocycles. The topological polar surface area (TPSA) is 119 Å². The van der Waals surface area contributed by atoms with Gasteiger partial charge in [0.2, 0.25) is 11.8 Å². The number of amides is 2. The number of carbonyl (C=O) groups is 2. The molecule has 0 spiro atoms. The number of nitrogens with two attached hydrogens (primary N) is 1. The Labute approximate surface area is 195 Å². The van der Waals surface area contributed by atoms with E-state index >= 15 is 0 Å². The van der Waals surface area contributed by atoms with E-state index in [9.17, 15) is 23.1 Å². The van der Waals surface area contributed by atoms with E-state index in [0.717, 1.165) is 19.3 Å². The summed E-state index contributed by atoms with van der Waals surface area (Å²) in [6.45, 7) is 2.28. The lowest BCUT2D eigenvalue weighted by Gasteiger charge is -2.59. The number of primary amides is 1. The van der Waals surface area contributed by atoms with Crippen LogP contribution in [0.4, 0.5) is 10.1 Å². The van der Waals surface area contributed by atoms with Gasteiger partial charge in [0.1, 0.15) is 11.9 Å². The summed E-state index contributed by atoms with van der Waals surface area (Å²) in [7, 11) is -3.56. The summed E-state index contributed by atoms with van der Waals surface area (Å²) in [6, 6.07) is 5.17. The molecular formula is C23H33FN4O4S. The molecule has 5 fully saturated rings. The van der Waals surface area contributed by atoms with E-state index in [-0.39, 0.29) is 41.9 Å². The zero-order chi connectivity index (χ0) is 23.5. The van der Waals surface area contributed by atoms with Crippen LogP contribution in [0.15, 0.2) is 24.3 Å². The van der Waals surface area contributed by atoms with Crippen LogP contribution in [0.5, 0.6) is 0 Å². The molecule has 3 unspecified atom stereocenters. The van der Waals surface area contributed by atoms with E-state index in [1.807, 2.05) is 0 Å². The van der Waals surface area contributed by atoms with Crippen molar-refractivity contribution in [1.82, 2.24) is 9.62 Å². The minimum atomic E-state index is -3.56. The van der Waals surface area contributed by atoms with Gasteiger partial charge in [0, 0.05) is 24.5 Å². The number of benzene rings is 1. The monoisotopic (exact) mass is 480 g/mol. The summed E-state index contributed by atoms with van der Waals surface area (Å²) in [4.78, 5) is 25.5. The lowest BCUT2D eigenvalue weighted by molar-refractivity contribution is -0.147. The molecule has 4 saturated carbocycles. The fourth-order valence-electron chi connectivity index (χ4n) is 7.03. The molecule has 5 aliphatic rings. The maximum Gasteiger partial charge on any atom is 0.239 e. The quantitative estimate of drug-likeness (QED) is 0.514. The highest BCUT2D eigenvalue weighted by molar-refractivity contribution is 8.23. The van der Waals surface area contributed by atoms with Crippen molar-refractivity contribution >= 4 is 28.5 Å². The maximum absolute atomic E-state index is 14.4. The molecule has 4 bridgehead atoms. The van der Waals surface area contributed by atoms with Gasteiger partial charge in [-0.3, -0.25) is 23.0 Å². The second-order valence-electron chi connectivity index (χ2n) is 10.4. The van der Waals surface area contributed by atoms with Crippen LogP contribution in [-0.4, -0.2) is 50.4 Å². The molecule has 1 saturated heterocycles. The Morgan fingerprint density at radius 2 is 1.85 bits per heavy atom. The lowest BCUT2D eigenvalue weighted by Crippen LogP contribution is -2.63. The second kappa shape index (κ2) is 8.11. The number of para-hydroxylation sites is 1. The summed E-state index contributed by atoms with van der Waals surface area (Å²) < 4.78 is 39.2. The van der Waals surface area contributed by atoms with E-state index in [2.05, 4.69) is 5.32 Å². The van der Waals surface area contributed by atoms with Gasteiger partial charge in [-0.15, -0.1) is 0 Å². The van der Waals surface area contributed by atoms with Crippen LogP contribution in [0.3, 0.4) is 0 Å². The number of nitrogens with one attached hydrogen (secondary N) is 1. The maximum atomic E-state index is 14.4. The molecule has 33 heavy (non-hydrogen) atoms. The Balaban J connectivity index is 1.31. The third kappa shape index (κ3) is 3.71. The summed E-state index contributed by atoms with van der Waals surface area (Å²) in [6.07, 6.45) is 4.85. The average Bonchev–Trinajstić information content (AvgIpc) is 2.75. The molecule has 1 aromatic rings. The number of halogens is 1. The zero-order valence-electron chi connectivity index (χ0n) is 18.8. The Morgan fingerprint density at radius 3 is 2.48 bits per heavy atom. The zero-order valence-corrected chi connectivity index (χ0v) is 19.6. The van der Waals surface area contributed by atoms with Crippen LogP contribution in [0.1, 0.15) is 45.4 Å². The molecule has 6 rings (SSSR count). The van der Waals surface area contributed by atoms with Gasteiger partial charge in [-0.1, -0.05) is 12.1 Å². The van der Waals surface area contributed by atoms with Crippen LogP contribution in [0.25, 0.3) is 0 Å².